The lowest BCUT2D eigenvalue weighted by atomic mass is 9.70. The Morgan fingerprint density at radius 2 is 1.92 bits per heavy atom. The van der Waals surface area contributed by atoms with Crippen LogP contribution in [0.15, 0.2) is 24.3 Å². The zero-order valence-corrected chi connectivity index (χ0v) is 15.1. The van der Waals surface area contributed by atoms with Gasteiger partial charge in [0.05, 0.1) is 12.1 Å². The Morgan fingerprint density at radius 1 is 1.27 bits per heavy atom. The molecule has 2 amide bonds. The third kappa shape index (κ3) is 3.12. The van der Waals surface area contributed by atoms with Crippen molar-refractivity contribution >= 4 is 11.8 Å². The van der Waals surface area contributed by atoms with Crippen LogP contribution in [-0.2, 0) is 22.4 Å². The molecule has 1 aliphatic heterocycles. The molecule has 0 radical (unpaired) electrons. The van der Waals surface area contributed by atoms with Crippen molar-refractivity contribution in [1.82, 2.24) is 16.0 Å². The van der Waals surface area contributed by atoms with E-state index in [0.717, 1.165) is 32.2 Å². The fraction of sp³-hybridized carbons (Fsp3) is 0.600. The van der Waals surface area contributed by atoms with E-state index in [-0.39, 0.29) is 29.3 Å². The van der Waals surface area contributed by atoms with Crippen LogP contribution in [0.2, 0.25) is 0 Å². The standard InChI is InChI=1S/C20H27N3O3/c1-2-15(16(24)18(25)22-14-7-8-14)23-19(26)17-20(11-21-17)9-12-5-3-4-6-13(12)10-20/h3-6,14-17,21,24H,2,7-11H2,1H3,(H,22,25)(H,23,26). The molecule has 2 aliphatic carbocycles. The van der Waals surface area contributed by atoms with Crippen molar-refractivity contribution in [2.24, 2.45) is 5.41 Å². The number of hydrogen-bond acceptors (Lipinski definition) is 4. The van der Waals surface area contributed by atoms with Crippen molar-refractivity contribution in [2.45, 2.75) is 63.3 Å². The second kappa shape index (κ2) is 6.67. The predicted molar refractivity (Wildman–Crippen MR) is 97.5 cm³/mol. The Hall–Kier alpha value is -1.92. The van der Waals surface area contributed by atoms with E-state index >= 15 is 0 Å². The van der Waals surface area contributed by atoms with Crippen LogP contribution in [0, 0.1) is 5.41 Å². The molecule has 1 aromatic carbocycles. The first kappa shape index (κ1) is 17.5. The number of benzene rings is 1. The molecular weight excluding hydrogens is 330 g/mol. The lowest BCUT2D eigenvalue weighted by Crippen LogP contribution is -2.70. The molecule has 3 atom stereocenters. The molecular formula is C20H27N3O3. The molecule has 1 aromatic rings. The van der Waals surface area contributed by atoms with Crippen molar-refractivity contribution < 1.29 is 14.7 Å². The van der Waals surface area contributed by atoms with Crippen LogP contribution >= 0.6 is 0 Å². The van der Waals surface area contributed by atoms with Crippen LogP contribution in [0.1, 0.15) is 37.3 Å². The lowest BCUT2D eigenvalue weighted by Gasteiger charge is -2.47. The summed E-state index contributed by atoms with van der Waals surface area (Å²) in [5.41, 5.74) is 2.57. The summed E-state index contributed by atoms with van der Waals surface area (Å²) in [6, 6.07) is 7.71. The second-order valence-electron chi connectivity index (χ2n) is 8.05. The molecule has 0 aromatic heterocycles. The fourth-order valence-electron chi connectivity index (χ4n) is 4.28. The number of nitrogens with one attached hydrogen (secondary N) is 3. The van der Waals surface area contributed by atoms with E-state index in [9.17, 15) is 14.7 Å². The number of fused-ring (bicyclic) bond motifs is 1. The molecule has 6 heteroatoms. The number of rotatable bonds is 6. The highest BCUT2D eigenvalue weighted by Gasteiger charge is 2.53. The van der Waals surface area contributed by atoms with Crippen LogP contribution < -0.4 is 16.0 Å². The van der Waals surface area contributed by atoms with Gasteiger partial charge in [-0.25, -0.2) is 0 Å². The molecule has 0 bridgehead atoms. The molecule has 1 saturated carbocycles. The predicted octanol–water partition coefficient (Wildman–Crippen LogP) is 0.278. The normalized spacial score (nSPS) is 25.1. The summed E-state index contributed by atoms with van der Waals surface area (Å²) < 4.78 is 0. The van der Waals surface area contributed by atoms with E-state index in [1.54, 1.807) is 0 Å². The van der Waals surface area contributed by atoms with Gasteiger partial charge in [-0.15, -0.1) is 0 Å². The van der Waals surface area contributed by atoms with Crippen LogP contribution in [0.5, 0.6) is 0 Å². The van der Waals surface area contributed by atoms with Crippen molar-refractivity contribution in [3.8, 4) is 0 Å². The smallest absolute Gasteiger partial charge is 0.251 e. The number of aliphatic hydroxyl groups excluding tert-OH is 1. The van der Waals surface area contributed by atoms with E-state index in [0.29, 0.717) is 6.42 Å². The van der Waals surface area contributed by atoms with Gasteiger partial charge in [0, 0.05) is 18.0 Å². The summed E-state index contributed by atoms with van der Waals surface area (Å²) >= 11 is 0. The van der Waals surface area contributed by atoms with Crippen LogP contribution in [0.25, 0.3) is 0 Å². The van der Waals surface area contributed by atoms with E-state index in [2.05, 4.69) is 28.1 Å². The van der Waals surface area contributed by atoms with E-state index in [1.165, 1.54) is 11.1 Å². The van der Waals surface area contributed by atoms with Gasteiger partial charge in [0.2, 0.25) is 5.91 Å². The van der Waals surface area contributed by atoms with Crippen molar-refractivity contribution in [3.05, 3.63) is 35.4 Å². The fourth-order valence-corrected chi connectivity index (χ4v) is 4.28. The number of hydrogen-bond donors (Lipinski definition) is 4. The summed E-state index contributed by atoms with van der Waals surface area (Å²) in [6.07, 6.45) is 3.03. The Kier molecular flexibility index (Phi) is 4.49. The zero-order valence-electron chi connectivity index (χ0n) is 15.1. The number of carbonyl (C=O) groups is 2. The van der Waals surface area contributed by atoms with Gasteiger partial charge in [-0.1, -0.05) is 31.2 Å². The van der Waals surface area contributed by atoms with E-state index in [1.807, 2.05) is 19.1 Å². The van der Waals surface area contributed by atoms with Crippen LogP contribution in [-0.4, -0.2) is 47.7 Å². The molecule has 2 fully saturated rings. The Balaban J connectivity index is 1.39. The highest BCUT2D eigenvalue weighted by atomic mass is 16.3. The first-order valence-electron chi connectivity index (χ1n) is 9.61. The molecule has 4 rings (SSSR count). The average molecular weight is 357 g/mol. The van der Waals surface area contributed by atoms with Crippen molar-refractivity contribution in [1.29, 1.82) is 0 Å². The summed E-state index contributed by atoms with van der Waals surface area (Å²) in [4.78, 5) is 25.0. The summed E-state index contributed by atoms with van der Waals surface area (Å²) in [5.74, 6) is -0.501. The molecule has 3 unspecified atom stereocenters. The number of amides is 2. The molecule has 26 heavy (non-hydrogen) atoms. The van der Waals surface area contributed by atoms with Gasteiger partial charge in [0.15, 0.2) is 6.10 Å². The molecule has 140 valence electrons. The van der Waals surface area contributed by atoms with Gasteiger partial charge in [-0.05, 0) is 43.2 Å². The third-order valence-corrected chi connectivity index (χ3v) is 6.08. The number of carbonyl (C=O) groups excluding carboxylic acids is 2. The first-order chi connectivity index (χ1) is 12.5. The zero-order chi connectivity index (χ0) is 18.3. The summed E-state index contributed by atoms with van der Waals surface area (Å²) in [5, 5.41) is 19.3. The minimum Gasteiger partial charge on any atom is -0.381 e. The Bertz CT molecular complexity index is 691. The summed E-state index contributed by atoms with van der Waals surface area (Å²) in [7, 11) is 0. The quantitative estimate of drug-likeness (QED) is 0.589. The van der Waals surface area contributed by atoms with Gasteiger partial charge in [-0.3, -0.25) is 9.59 Å². The molecule has 3 aliphatic rings. The monoisotopic (exact) mass is 357 g/mol. The van der Waals surface area contributed by atoms with Crippen molar-refractivity contribution in [3.63, 3.8) is 0 Å². The van der Waals surface area contributed by atoms with Gasteiger partial charge < -0.3 is 21.1 Å². The maximum Gasteiger partial charge on any atom is 0.251 e. The maximum atomic E-state index is 12.9. The SMILES string of the molecule is CCC(NC(=O)C1NCC12Cc1ccccc1C2)C(O)C(=O)NC1CC1. The van der Waals surface area contributed by atoms with Crippen LogP contribution in [0.4, 0.5) is 0 Å². The average Bonchev–Trinajstić information content (AvgIpc) is 3.33. The lowest BCUT2D eigenvalue weighted by molar-refractivity contribution is -0.135. The third-order valence-electron chi connectivity index (χ3n) is 6.08. The van der Waals surface area contributed by atoms with E-state index < -0.39 is 12.1 Å². The van der Waals surface area contributed by atoms with Gasteiger partial charge in [0.25, 0.3) is 5.91 Å². The van der Waals surface area contributed by atoms with Crippen LogP contribution in [0.3, 0.4) is 0 Å². The highest BCUT2D eigenvalue weighted by Crippen LogP contribution is 2.43. The van der Waals surface area contributed by atoms with Gasteiger partial charge in [-0.2, -0.15) is 0 Å². The Labute approximate surface area is 153 Å². The minimum atomic E-state index is -1.21. The Morgan fingerprint density at radius 3 is 2.42 bits per heavy atom. The summed E-state index contributed by atoms with van der Waals surface area (Å²) in [6.45, 7) is 2.69. The molecule has 1 saturated heterocycles. The first-order valence-corrected chi connectivity index (χ1v) is 9.61. The van der Waals surface area contributed by atoms with Crippen molar-refractivity contribution in [2.75, 3.05) is 6.54 Å². The molecule has 6 nitrogen and oxygen atoms in total. The number of aliphatic hydroxyl groups is 1. The topological polar surface area (TPSA) is 90.5 Å². The maximum absolute atomic E-state index is 12.9. The van der Waals surface area contributed by atoms with Gasteiger partial charge in [0.1, 0.15) is 0 Å². The molecule has 1 spiro atoms. The van der Waals surface area contributed by atoms with E-state index in [4.69, 9.17) is 0 Å². The molecule has 1 heterocycles. The van der Waals surface area contributed by atoms with Gasteiger partial charge >= 0.3 is 0 Å². The largest absolute Gasteiger partial charge is 0.381 e. The molecule has 4 N–H and O–H groups in total. The highest BCUT2D eigenvalue weighted by molar-refractivity contribution is 5.87. The minimum absolute atomic E-state index is 0.0761. The second-order valence-corrected chi connectivity index (χ2v) is 8.05.